The zero-order valence-electron chi connectivity index (χ0n) is 8.78. The van der Waals surface area contributed by atoms with Gasteiger partial charge < -0.3 is 4.74 Å². The molecule has 0 bridgehead atoms. The summed E-state index contributed by atoms with van der Waals surface area (Å²) < 4.78 is 5.23. The fraction of sp³-hybridized carbons (Fsp3) is 0.455. The Kier molecular flexibility index (Phi) is 3.23. The number of carbonyl (C=O) groups is 1. The van der Waals surface area contributed by atoms with Crippen LogP contribution in [0.15, 0.2) is 28.9 Å². The van der Waals surface area contributed by atoms with Crippen molar-refractivity contribution in [3.8, 4) is 0 Å². The van der Waals surface area contributed by atoms with Crippen molar-refractivity contribution in [2.24, 2.45) is 4.99 Å². The monoisotopic (exact) mass is 193 g/mol. The van der Waals surface area contributed by atoms with E-state index in [1.165, 1.54) is 0 Å². The van der Waals surface area contributed by atoms with Gasteiger partial charge >= 0.3 is 5.97 Å². The lowest BCUT2D eigenvalue weighted by Gasteiger charge is -2.20. The minimum Gasteiger partial charge on any atom is -0.457 e. The van der Waals surface area contributed by atoms with Crippen LogP contribution in [-0.2, 0) is 9.53 Å². The molecule has 0 fully saturated rings. The van der Waals surface area contributed by atoms with Gasteiger partial charge in [-0.05, 0) is 33.3 Å². The van der Waals surface area contributed by atoms with E-state index in [9.17, 15) is 4.79 Å². The molecule has 0 aliphatic carbocycles. The number of carbonyl (C=O) groups excluding carboxylic acids is 1. The van der Waals surface area contributed by atoms with E-state index in [1.54, 1.807) is 18.5 Å². The van der Waals surface area contributed by atoms with E-state index in [1.807, 2.05) is 26.8 Å². The molecular formula is C11H15NO2. The van der Waals surface area contributed by atoms with Gasteiger partial charge in [0.25, 0.3) is 0 Å². The van der Waals surface area contributed by atoms with Gasteiger partial charge in [0.2, 0.25) is 0 Å². The maximum absolute atomic E-state index is 11.6. The van der Waals surface area contributed by atoms with Gasteiger partial charge in [-0.2, -0.15) is 0 Å². The van der Waals surface area contributed by atoms with Crippen molar-refractivity contribution in [3.05, 3.63) is 23.9 Å². The predicted molar refractivity (Wildman–Crippen MR) is 56.2 cm³/mol. The molecule has 0 amide bonds. The highest BCUT2D eigenvalue weighted by molar-refractivity contribution is 5.94. The van der Waals surface area contributed by atoms with Crippen LogP contribution in [0.5, 0.6) is 0 Å². The first-order valence-corrected chi connectivity index (χ1v) is 4.60. The Labute approximate surface area is 84.2 Å². The third-order valence-electron chi connectivity index (χ3n) is 1.55. The molecule has 1 heterocycles. The number of allylic oxidation sites excluding steroid dienone is 2. The molecular weight excluding hydrogens is 178 g/mol. The Morgan fingerprint density at radius 3 is 2.86 bits per heavy atom. The Morgan fingerprint density at radius 2 is 2.21 bits per heavy atom. The van der Waals surface area contributed by atoms with E-state index < -0.39 is 5.60 Å². The summed E-state index contributed by atoms with van der Waals surface area (Å²) in [5.74, 6) is -0.268. The first-order valence-electron chi connectivity index (χ1n) is 4.60. The standard InChI is InChI=1S/C11H15NO2/c1-11(2,3)14-10(13)9-5-4-7-12-8-6-9/h4,6-8H,5H2,1-3H3. The van der Waals surface area contributed by atoms with Crippen LogP contribution >= 0.6 is 0 Å². The van der Waals surface area contributed by atoms with Crippen LogP contribution in [-0.4, -0.2) is 17.8 Å². The van der Waals surface area contributed by atoms with Gasteiger partial charge in [-0.3, -0.25) is 4.99 Å². The molecule has 0 aromatic carbocycles. The van der Waals surface area contributed by atoms with Crippen LogP contribution in [0.3, 0.4) is 0 Å². The molecule has 3 nitrogen and oxygen atoms in total. The highest BCUT2D eigenvalue weighted by Gasteiger charge is 2.18. The second-order valence-corrected chi connectivity index (χ2v) is 4.08. The first-order chi connectivity index (χ1) is 6.49. The number of esters is 1. The Hall–Kier alpha value is -1.38. The lowest BCUT2D eigenvalue weighted by molar-refractivity contribution is -0.149. The molecule has 0 saturated heterocycles. The Morgan fingerprint density at radius 1 is 1.50 bits per heavy atom. The predicted octanol–water partition coefficient (Wildman–Crippen LogP) is 2.24. The Balaban J connectivity index is 2.66. The van der Waals surface area contributed by atoms with Crippen molar-refractivity contribution in [2.45, 2.75) is 32.8 Å². The van der Waals surface area contributed by atoms with Gasteiger partial charge in [0.1, 0.15) is 5.60 Å². The first kappa shape index (κ1) is 10.7. The van der Waals surface area contributed by atoms with Gasteiger partial charge in [0, 0.05) is 18.0 Å². The summed E-state index contributed by atoms with van der Waals surface area (Å²) in [6, 6.07) is 0. The molecule has 0 aromatic rings. The van der Waals surface area contributed by atoms with E-state index >= 15 is 0 Å². The van der Waals surface area contributed by atoms with E-state index in [0.717, 1.165) is 0 Å². The van der Waals surface area contributed by atoms with E-state index in [-0.39, 0.29) is 5.97 Å². The topological polar surface area (TPSA) is 38.7 Å². The summed E-state index contributed by atoms with van der Waals surface area (Å²) in [5, 5.41) is 0. The van der Waals surface area contributed by atoms with E-state index in [0.29, 0.717) is 12.0 Å². The van der Waals surface area contributed by atoms with Crippen molar-refractivity contribution in [3.63, 3.8) is 0 Å². The fourth-order valence-electron chi connectivity index (χ4n) is 0.986. The molecule has 0 atom stereocenters. The van der Waals surface area contributed by atoms with Crippen molar-refractivity contribution < 1.29 is 9.53 Å². The number of ether oxygens (including phenoxy) is 1. The lowest BCUT2D eigenvalue weighted by atomic mass is 10.1. The molecule has 3 heteroatoms. The van der Waals surface area contributed by atoms with Crippen molar-refractivity contribution in [1.29, 1.82) is 0 Å². The van der Waals surface area contributed by atoms with E-state index in [4.69, 9.17) is 4.74 Å². The second-order valence-electron chi connectivity index (χ2n) is 4.08. The summed E-state index contributed by atoms with van der Waals surface area (Å²) >= 11 is 0. The third kappa shape index (κ3) is 3.56. The van der Waals surface area contributed by atoms with Gasteiger partial charge in [0.05, 0.1) is 0 Å². The lowest BCUT2D eigenvalue weighted by Crippen LogP contribution is -2.24. The molecule has 1 aliphatic rings. The largest absolute Gasteiger partial charge is 0.457 e. The molecule has 0 aromatic heterocycles. The number of hydrogen-bond acceptors (Lipinski definition) is 3. The molecule has 1 aliphatic heterocycles. The summed E-state index contributed by atoms with van der Waals surface area (Å²) in [5.41, 5.74) is 0.197. The van der Waals surface area contributed by atoms with Crippen molar-refractivity contribution in [1.82, 2.24) is 0 Å². The molecule has 0 saturated carbocycles. The highest BCUT2D eigenvalue weighted by Crippen LogP contribution is 2.14. The van der Waals surface area contributed by atoms with Gasteiger partial charge in [-0.1, -0.05) is 6.08 Å². The molecule has 0 unspecified atom stereocenters. The minimum atomic E-state index is -0.439. The minimum absolute atomic E-state index is 0.268. The van der Waals surface area contributed by atoms with Gasteiger partial charge in [-0.25, -0.2) is 4.79 Å². The normalized spacial score (nSPS) is 16.1. The van der Waals surface area contributed by atoms with Crippen molar-refractivity contribution in [2.75, 3.05) is 0 Å². The van der Waals surface area contributed by atoms with Crippen LogP contribution in [0.2, 0.25) is 0 Å². The number of hydrogen-bond donors (Lipinski definition) is 0. The molecule has 0 radical (unpaired) electrons. The summed E-state index contributed by atoms with van der Waals surface area (Å²) in [6.07, 6.45) is 7.37. The maximum atomic E-state index is 11.6. The zero-order chi connectivity index (χ0) is 10.6. The number of nitrogens with zero attached hydrogens (tertiary/aromatic N) is 1. The van der Waals surface area contributed by atoms with Crippen LogP contribution in [0.25, 0.3) is 0 Å². The molecule has 0 N–H and O–H groups in total. The Bertz CT molecular complexity index is 306. The van der Waals surface area contributed by atoms with E-state index in [2.05, 4.69) is 4.99 Å². The van der Waals surface area contributed by atoms with Gasteiger partial charge in [-0.15, -0.1) is 0 Å². The zero-order valence-corrected chi connectivity index (χ0v) is 8.78. The molecule has 14 heavy (non-hydrogen) atoms. The fourth-order valence-corrected chi connectivity index (χ4v) is 0.986. The van der Waals surface area contributed by atoms with Crippen LogP contribution in [0.1, 0.15) is 27.2 Å². The third-order valence-corrected chi connectivity index (χ3v) is 1.55. The number of rotatable bonds is 1. The summed E-state index contributed by atoms with van der Waals surface area (Å²) in [7, 11) is 0. The van der Waals surface area contributed by atoms with Crippen LogP contribution in [0.4, 0.5) is 0 Å². The van der Waals surface area contributed by atoms with Crippen LogP contribution in [0, 0.1) is 0 Å². The van der Waals surface area contributed by atoms with Crippen molar-refractivity contribution >= 4 is 12.2 Å². The highest BCUT2D eigenvalue weighted by atomic mass is 16.6. The number of aliphatic imine (C=N–C) groups is 1. The summed E-state index contributed by atoms with van der Waals surface area (Å²) in [6.45, 7) is 5.56. The quantitative estimate of drug-likeness (QED) is 0.599. The SMILES string of the molecule is CC(C)(C)OC(=O)C1=CC=NC=CC1. The maximum Gasteiger partial charge on any atom is 0.334 e. The summed E-state index contributed by atoms with van der Waals surface area (Å²) in [4.78, 5) is 15.5. The average molecular weight is 193 g/mol. The average Bonchev–Trinajstić information content (AvgIpc) is 2.27. The molecule has 1 rings (SSSR count). The second kappa shape index (κ2) is 4.22. The van der Waals surface area contributed by atoms with Crippen LogP contribution < -0.4 is 0 Å². The smallest absolute Gasteiger partial charge is 0.334 e. The molecule has 0 spiro atoms. The van der Waals surface area contributed by atoms with Gasteiger partial charge in [0.15, 0.2) is 0 Å². The molecule has 76 valence electrons.